The highest BCUT2D eigenvalue weighted by Gasteiger charge is 2.17. The zero-order valence-corrected chi connectivity index (χ0v) is 15.9. The lowest BCUT2D eigenvalue weighted by molar-refractivity contribution is -0.115. The summed E-state index contributed by atoms with van der Waals surface area (Å²) in [6.07, 6.45) is 2.31. The number of carbonyl (C=O) groups excluding carboxylic acids is 1. The van der Waals surface area contributed by atoms with E-state index in [-0.39, 0.29) is 23.0 Å². The Balaban J connectivity index is 1.55. The molecular weight excluding hydrogens is 372 g/mol. The molecule has 0 unspecified atom stereocenters. The van der Waals surface area contributed by atoms with Gasteiger partial charge < -0.3 is 10.2 Å². The molecular formula is C19H21ClN2O3S. The average molecular weight is 393 g/mol. The highest BCUT2D eigenvalue weighted by Crippen LogP contribution is 2.22. The van der Waals surface area contributed by atoms with Crippen LogP contribution in [0.5, 0.6) is 0 Å². The topological polar surface area (TPSA) is 66.5 Å². The number of anilines is 2. The molecule has 0 aromatic heterocycles. The van der Waals surface area contributed by atoms with Gasteiger partial charge in [0.05, 0.1) is 10.6 Å². The number of halogens is 1. The Bertz CT molecular complexity index is 876. The summed E-state index contributed by atoms with van der Waals surface area (Å²) < 4.78 is 24.6. The van der Waals surface area contributed by atoms with Crippen LogP contribution in [0.3, 0.4) is 0 Å². The Morgan fingerprint density at radius 1 is 1.08 bits per heavy atom. The minimum absolute atomic E-state index is 0.108. The summed E-state index contributed by atoms with van der Waals surface area (Å²) in [5.74, 6) is -0.588. The fourth-order valence-corrected chi connectivity index (χ4v) is 4.50. The molecule has 1 heterocycles. The molecule has 2 aromatic carbocycles. The van der Waals surface area contributed by atoms with Gasteiger partial charge in [0, 0.05) is 35.9 Å². The summed E-state index contributed by atoms with van der Waals surface area (Å²) in [7, 11) is -3.54. The van der Waals surface area contributed by atoms with Crippen molar-refractivity contribution in [1.82, 2.24) is 0 Å². The van der Waals surface area contributed by atoms with Gasteiger partial charge in [0.15, 0.2) is 9.84 Å². The number of nitrogens with zero attached hydrogens (tertiary/aromatic N) is 1. The fraction of sp³-hybridized carbons (Fsp3) is 0.316. The molecule has 2 aromatic rings. The van der Waals surface area contributed by atoms with Crippen molar-refractivity contribution in [2.45, 2.75) is 24.2 Å². The van der Waals surface area contributed by atoms with Crippen molar-refractivity contribution in [3.05, 3.63) is 53.6 Å². The van der Waals surface area contributed by atoms with Gasteiger partial charge in [-0.25, -0.2) is 8.42 Å². The van der Waals surface area contributed by atoms with E-state index < -0.39 is 9.84 Å². The molecule has 0 radical (unpaired) electrons. The number of nitrogens with one attached hydrogen (secondary N) is 1. The summed E-state index contributed by atoms with van der Waals surface area (Å²) in [6.45, 7) is 2.13. The minimum Gasteiger partial charge on any atom is -0.372 e. The van der Waals surface area contributed by atoms with Gasteiger partial charge in [-0.3, -0.25) is 4.79 Å². The van der Waals surface area contributed by atoms with Crippen LogP contribution in [0, 0.1) is 0 Å². The van der Waals surface area contributed by atoms with Gasteiger partial charge >= 0.3 is 0 Å². The molecule has 1 amide bonds. The van der Waals surface area contributed by atoms with Crippen LogP contribution in [0.25, 0.3) is 0 Å². The molecule has 26 heavy (non-hydrogen) atoms. The Morgan fingerprint density at radius 2 is 1.77 bits per heavy atom. The lowest BCUT2D eigenvalue weighted by atomic mass is 10.2. The smallest absolute Gasteiger partial charge is 0.225 e. The van der Waals surface area contributed by atoms with Crippen LogP contribution in [0.15, 0.2) is 53.4 Å². The van der Waals surface area contributed by atoms with Gasteiger partial charge in [-0.1, -0.05) is 17.7 Å². The molecule has 5 nitrogen and oxygen atoms in total. The zero-order valence-electron chi connectivity index (χ0n) is 14.3. The van der Waals surface area contributed by atoms with E-state index in [1.54, 1.807) is 12.1 Å². The van der Waals surface area contributed by atoms with Crippen LogP contribution in [0.4, 0.5) is 11.4 Å². The lowest BCUT2D eigenvalue weighted by Crippen LogP contribution is -2.18. The lowest BCUT2D eigenvalue weighted by Gasteiger charge is -2.17. The zero-order chi connectivity index (χ0) is 18.6. The SMILES string of the molecule is O=C(CCS(=O)(=O)c1cccc(Cl)c1)Nc1ccc(N2CCCC2)cc1. The highest BCUT2D eigenvalue weighted by atomic mass is 35.5. The van der Waals surface area contributed by atoms with Gasteiger partial charge in [0.1, 0.15) is 0 Å². The second kappa shape index (κ2) is 8.10. The summed E-state index contributed by atoms with van der Waals surface area (Å²) in [5.41, 5.74) is 1.81. The van der Waals surface area contributed by atoms with Gasteiger partial charge in [-0.05, 0) is 55.3 Å². The molecule has 0 saturated carbocycles. The van der Waals surface area contributed by atoms with E-state index in [1.807, 2.05) is 24.3 Å². The molecule has 1 aliphatic heterocycles. The Labute approximate surface area is 158 Å². The number of hydrogen-bond acceptors (Lipinski definition) is 4. The van der Waals surface area contributed by atoms with Crippen molar-refractivity contribution < 1.29 is 13.2 Å². The van der Waals surface area contributed by atoms with Crippen LogP contribution < -0.4 is 10.2 Å². The van der Waals surface area contributed by atoms with E-state index in [1.165, 1.54) is 25.0 Å². The highest BCUT2D eigenvalue weighted by molar-refractivity contribution is 7.91. The van der Waals surface area contributed by atoms with Gasteiger partial charge in [0.2, 0.25) is 5.91 Å². The third-order valence-corrected chi connectivity index (χ3v) is 6.32. The second-order valence-corrected chi connectivity index (χ2v) is 8.86. The van der Waals surface area contributed by atoms with E-state index in [2.05, 4.69) is 10.2 Å². The molecule has 0 bridgehead atoms. The van der Waals surface area contributed by atoms with Crippen molar-refractivity contribution in [2.24, 2.45) is 0 Å². The fourth-order valence-electron chi connectivity index (χ4n) is 2.96. The van der Waals surface area contributed by atoms with Gasteiger partial charge in [-0.15, -0.1) is 0 Å². The predicted octanol–water partition coefficient (Wildman–Crippen LogP) is 3.74. The van der Waals surface area contributed by atoms with Crippen molar-refractivity contribution >= 4 is 38.7 Å². The summed E-state index contributed by atoms with van der Waals surface area (Å²) in [6, 6.07) is 13.7. The standard InChI is InChI=1S/C19H21ClN2O3S/c20-15-4-3-5-18(14-15)26(24,25)13-10-19(23)21-16-6-8-17(9-7-16)22-11-1-2-12-22/h3-9,14H,1-2,10-13H2,(H,21,23). The van der Waals surface area contributed by atoms with Crippen LogP contribution in [0.2, 0.25) is 5.02 Å². The Kier molecular flexibility index (Phi) is 5.84. The maximum Gasteiger partial charge on any atom is 0.225 e. The van der Waals surface area contributed by atoms with E-state index >= 15 is 0 Å². The molecule has 7 heteroatoms. The first-order chi connectivity index (χ1) is 12.4. The number of rotatable bonds is 6. The number of amides is 1. The first-order valence-electron chi connectivity index (χ1n) is 8.57. The monoisotopic (exact) mass is 392 g/mol. The van der Waals surface area contributed by atoms with Crippen molar-refractivity contribution in [2.75, 3.05) is 29.1 Å². The van der Waals surface area contributed by atoms with Crippen molar-refractivity contribution in [3.63, 3.8) is 0 Å². The van der Waals surface area contributed by atoms with E-state index in [0.717, 1.165) is 18.8 Å². The Hall–Kier alpha value is -2.05. The quantitative estimate of drug-likeness (QED) is 0.813. The first-order valence-corrected chi connectivity index (χ1v) is 10.6. The largest absolute Gasteiger partial charge is 0.372 e. The molecule has 3 rings (SSSR count). The normalized spacial score (nSPS) is 14.4. The van der Waals surface area contributed by atoms with Gasteiger partial charge in [0.25, 0.3) is 0 Å². The molecule has 1 fully saturated rings. The number of carbonyl (C=O) groups is 1. The third-order valence-electron chi connectivity index (χ3n) is 4.38. The summed E-state index contributed by atoms with van der Waals surface area (Å²) in [5, 5.41) is 3.10. The minimum atomic E-state index is -3.54. The van der Waals surface area contributed by atoms with Gasteiger partial charge in [-0.2, -0.15) is 0 Å². The predicted molar refractivity (Wildman–Crippen MR) is 105 cm³/mol. The summed E-state index contributed by atoms with van der Waals surface area (Å²) in [4.78, 5) is 14.5. The number of sulfone groups is 1. The Morgan fingerprint density at radius 3 is 2.42 bits per heavy atom. The van der Waals surface area contributed by atoms with Crippen LogP contribution >= 0.6 is 11.6 Å². The molecule has 1 N–H and O–H groups in total. The van der Waals surface area contributed by atoms with E-state index in [9.17, 15) is 13.2 Å². The number of benzene rings is 2. The third kappa shape index (κ3) is 4.77. The maximum atomic E-state index is 12.3. The van der Waals surface area contributed by atoms with Crippen molar-refractivity contribution in [3.8, 4) is 0 Å². The van der Waals surface area contributed by atoms with E-state index in [4.69, 9.17) is 11.6 Å². The van der Waals surface area contributed by atoms with Crippen LogP contribution in [0.1, 0.15) is 19.3 Å². The molecule has 0 atom stereocenters. The summed E-state index contributed by atoms with van der Waals surface area (Å²) >= 11 is 5.83. The molecule has 1 saturated heterocycles. The van der Waals surface area contributed by atoms with Crippen molar-refractivity contribution in [1.29, 1.82) is 0 Å². The number of hydrogen-bond donors (Lipinski definition) is 1. The molecule has 0 aliphatic carbocycles. The van der Waals surface area contributed by atoms with Crippen LogP contribution in [-0.4, -0.2) is 33.2 Å². The molecule has 0 spiro atoms. The molecule has 138 valence electrons. The maximum absolute atomic E-state index is 12.3. The average Bonchev–Trinajstić information content (AvgIpc) is 3.15. The van der Waals surface area contributed by atoms with E-state index in [0.29, 0.717) is 10.7 Å². The van der Waals surface area contributed by atoms with Crippen LogP contribution in [-0.2, 0) is 14.6 Å². The molecule has 1 aliphatic rings. The first kappa shape index (κ1) is 18.7. The second-order valence-electron chi connectivity index (χ2n) is 6.32.